The lowest BCUT2D eigenvalue weighted by Crippen LogP contribution is -2.18. The summed E-state index contributed by atoms with van der Waals surface area (Å²) in [5.74, 6) is -0.748. The molecule has 0 amide bonds. The smallest absolute Gasteiger partial charge is 0.346 e. The lowest BCUT2D eigenvalue weighted by atomic mass is 9.75. The van der Waals surface area contributed by atoms with E-state index in [1.807, 2.05) is 12.1 Å². The number of aliphatic carboxylic acids is 1. The Kier molecular flexibility index (Phi) is 7.50. The van der Waals surface area contributed by atoms with Crippen LogP contribution in [0.3, 0.4) is 0 Å². The van der Waals surface area contributed by atoms with Gasteiger partial charge in [-0.25, -0.2) is 4.79 Å². The van der Waals surface area contributed by atoms with Crippen LogP contribution in [0, 0.1) is 17.2 Å². The number of nitrogens with zero attached hydrogens (tertiary/aromatic N) is 2. The zero-order valence-corrected chi connectivity index (χ0v) is 30.7. The van der Waals surface area contributed by atoms with Crippen LogP contribution in [0.15, 0.2) is 138 Å². The predicted molar refractivity (Wildman–Crippen MR) is 215 cm³/mol. The number of hydrogen-bond donors (Lipinski definition) is 1. The first-order valence-electron chi connectivity index (χ1n) is 18.7. The average Bonchev–Trinajstić information content (AvgIpc) is 3.54. The van der Waals surface area contributed by atoms with E-state index in [1.54, 1.807) is 0 Å². The molecule has 9 rings (SSSR count). The van der Waals surface area contributed by atoms with Gasteiger partial charge in [-0.2, -0.15) is 5.26 Å². The Morgan fingerprint density at radius 2 is 1.17 bits per heavy atom. The van der Waals surface area contributed by atoms with Crippen LogP contribution in [0.1, 0.15) is 81.2 Å². The summed E-state index contributed by atoms with van der Waals surface area (Å²) >= 11 is 0. The molecule has 0 radical (unpaired) electrons. The fourth-order valence-electron chi connectivity index (χ4n) is 9.58. The third-order valence-electron chi connectivity index (χ3n) is 12.5. The summed E-state index contributed by atoms with van der Waals surface area (Å²) in [7, 11) is 0. The average molecular weight is 691 g/mol. The van der Waals surface area contributed by atoms with E-state index in [0.29, 0.717) is 17.9 Å². The maximum Gasteiger partial charge on any atom is 0.346 e. The Hall–Kier alpha value is -5.92. The normalized spacial score (nSPS) is 19.3. The van der Waals surface area contributed by atoms with E-state index in [2.05, 4.69) is 148 Å². The van der Waals surface area contributed by atoms with Crippen molar-refractivity contribution in [2.45, 2.75) is 64.2 Å². The van der Waals surface area contributed by atoms with Crippen molar-refractivity contribution in [2.75, 3.05) is 4.90 Å². The van der Waals surface area contributed by atoms with Crippen molar-refractivity contribution in [3.05, 3.63) is 166 Å². The lowest BCUT2D eigenvalue weighted by Gasteiger charge is -2.30. The van der Waals surface area contributed by atoms with Crippen molar-refractivity contribution in [1.29, 1.82) is 5.26 Å². The molecule has 0 aliphatic heterocycles. The van der Waals surface area contributed by atoms with Crippen LogP contribution in [-0.2, 0) is 15.6 Å². The van der Waals surface area contributed by atoms with Crippen molar-refractivity contribution in [2.24, 2.45) is 5.92 Å². The van der Waals surface area contributed by atoms with Gasteiger partial charge in [0.25, 0.3) is 0 Å². The van der Waals surface area contributed by atoms with Gasteiger partial charge >= 0.3 is 5.97 Å². The molecule has 1 atom stereocenters. The number of anilines is 3. The molecule has 260 valence electrons. The molecule has 1 unspecified atom stereocenters. The maximum atomic E-state index is 11.7. The third-order valence-corrected chi connectivity index (χ3v) is 12.5. The molecule has 4 heteroatoms. The van der Waals surface area contributed by atoms with E-state index >= 15 is 0 Å². The summed E-state index contributed by atoms with van der Waals surface area (Å²) in [4.78, 5) is 14.1. The largest absolute Gasteiger partial charge is 0.477 e. The predicted octanol–water partition coefficient (Wildman–Crippen LogP) is 12.2. The Balaban J connectivity index is 1.14. The molecule has 5 aromatic carbocycles. The number of fused-ring (bicyclic) bond motifs is 7. The second-order valence-corrected chi connectivity index (χ2v) is 16.1. The molecule has 0 saturated carbocycles. The van der Waals surface area contributed by atoms with Crippen LogP contribution in [0.2, 0.25) is 0 Å². The molecule has 0 heterocycles. The Morgan fingerprint density at radius 1 is 0.660 bits per heavy atom. The number of hydrogen-bond acceptors (Lipinski definition) is 3. The first kappa shape index (κ1) is 33.0. The number of rotatable bonds is 5. The van der Waals surface area contributed by atoms with Gasteiger partial charge in [-0.05, 0) is 135 Å². The van der Waals surface area contributed by atoms with Gasteiger partial charge in [-0.15, -0.1) is 0 Å². The minimum Gasteiger partial charge on any atom is -0.477 e. The molecule has 5 aromatic rings. The van der Waals surface area contributed by atoms with Crippen molar-refractivity contribution in [3.63, 3.8) is 0 Å². The highest BCUT2D eigenvalue weighted by Crippen LogP contribution is 2.53. The van der Waals surface area contributed by atoms with E-state index in [0.717, 1.165) is 41.9 Å². The number of nitriles is 1. The van der Waals surface area contributed by atoms with Gasteiger partial charge in [0.2, 0.25) is 0 Å². The maximum absolute atomic E-state index is 11.7. The van der Waals surface area contributed by atoms with Crippen LogP contribution in [0.5, 0.6) is 0 Å². The first-order valence-corrected chi connectivity index (χ1v) is 18.7. The molecule has 4 aliphatic carbocycles. The van der Waals surface area contributed by atoms with E-state index in [1.165, 1.54) is 55.6 Å². The van der Waals surface area contributed by atoms with Crippen LogP contribution in [-0.4, -0.2) is 11.1 Å². The van der Waals surface area contributed by atoms with E-state index in [9.17, 15) is 15.2 Å². The van der Waals surface area contributed by atoms with Gasteiger partial charge in [-0.3, -0.25) is 0 Å². The highest BCUT2D eigenvalue weighted by molar-refractivity contribution is 5.93. The number of carboxylic acids is 1. The highest BCUT2D eigenvalue weighted by atomic mass is 16.4. The Labute approximate surface area is 312 Å². The number of allylic oxidation sites excluding steroid dienone is 5. The van der Waals surface area contributed by atoms with Crippen LogP contribution in [0.25, 0.3) is 27.8 Å². The van der Waals surface area contributed by atoms with Crippen molar-refractivity contribution in [1.82, 2.24) is 0 Å². The van der Waals surface area contributed by atoms with E-state index in [-0.39, 0.29) is 16.4 Å². The molecule has 1 N–H and O–H groups in total. The van der Waals surface area contributed by atoms with Crippen LogP contribution < -0.4 is 4.90 Å². The summed E-state index contributed by atoms with van der Waals surface area (Å²) in [6.07, 6.45) is 7.69. The highest BCUT2D eigenvalue weighted by Gasteiger charge is 2.38. The minimum atomic E-state index is -1.15. The molecule has 4 aliphatic rings. The topological polar surface area (TPSA) is 64.3 Å². The fourth-order valence-corrected chi connectivity index (χ4v) is 9.58. The summed E-state index contributed by atoms with van der Waals surface area (Å²) in [6.45, 7) is 9.34. The second kappa shape index (κ2) is 12.1. The molecule has 0 saturated heterocycles. The standard InChI is InChI=1S/C49H42N2O2/c1-48(2)43-11-7-5-9-38(43)40-23-21-36(27-45(40)48)51(37-22-24-41-39-10-6-8-12-44(39)49(3,4)46(41)28-37)35-19-17-30(18-20-35)32-15-13-31-14-16-33(26-34(31)25-32)42(29-50)47(52)53/h5-12,17-28,31H,13-16H2,1-4H3,(H,52,53). The second-order valence-electron chi connectivity index (χ2n) is 16.1. The van der Waals surface area contributed by atoms with Crippen molar-refractivity contribution < 1.29 is 9.90 Å². The Morgan fingerprint density at radius 3 is 1.72 bits per heavy atom. The zero-order chi connectivity index (χ0) is 36.6. The van der Waals surface area contributed by atoms with Crippen molar-refractivity contribution in [3.8, 4) is 28.3 Å². The van der Waals surface area contributed by atoms with Gasteiger partial charge in [-0.1, -0.05) is 113 Å². The molecule has 0 bridgehead atoms. The molecule has 0 aromatic heterocycles. The van der Waals surface area contributed by atoms with E-state index < -0.39 is 5.97 Å². The molecular formula is C49H42N2O2. The molecule has 53 heavy (non-hydrogen) atoms. The lowest BCUT2D eigenvalue weighted by molar-refractivity contribution is -0.132. The molecule has 4 nitrogen and oxygen atoms in total. The number of benzene rings is 5. The van der Waals surface area contributed by atoms with Gasteiger partial charge in [0, 0.05) is 27.9 Å². The van der Waals surface area contributed by atoms with E-state index in [4.69, 9.17) is 0 Å². The van der Waals surface area contributed by atoms with Gasteiger partial charge in [0.05, 0.1) is 0 Å². The molecule has 0 spiro atoms. The SMILES string of the molecule is CC1(C)c2ccccc2-c2ccc(N(c3ccc(C4=CC5=CC(=C(C#N)C(=O)O)CCC5CC4)cc3)c3ccc4c(c3)C(C)(C)c3ccccc3-4)cc21. The summed E-state index contributed by atoms with van der Waals surface area (Å²) < 4.78 is 0. The van der Waals surface area contributed by atoms with Gasteiger partial charge in [0.1, 0.15) is 11.6 Å². The zero-order valence-electron chi connectivity index (χ0n) is 30.7. The summed E-state index contributed by atoms with van der Waals surface area (Å²) in [5, 5.41) is 19.1. The summed E-state index contributed by atoms with van der Waals surface area (Å²) in [6, 6.07) is 42.4. The number of carboxylic acid groups (broad SMARTS) is 1. The first-order chi connectivity index (χ1) is 25.6. The fraction of sp³-hybridized carbons (Fsp3) is 0.224. The monoisotopic (exact) mass is 690 g/mol. The molecule has 0 fully saturated rings. The molecular weight excluding hydrogens is 649 g/mol. The van der Waals surface area contributed by atoms with Crippen molar-refractivity contribution >= 4 is 28.6 Å². The number of carbonyl (C=O) groups is 1. The van der Waals surface area contributed by atoms with Crippen LogP contribution >= 0.6 is 0 Å². The minimum absolute atomic E-state index is 0.119. The Bertz CT molecular complexity index is 2400. The summed E-state index contributed by atoms with van der Waals surface area (Å²) in [5.41, 5.74) is 17.8. The van der Waals surface area contributed by atoms with Gasteiger partial charge < -0.3 is 10.0 Å². The quantitative estimate of drug-likeness (QED) is 0.147. The van der Waals surface area contributed by atoms with Gasteiger partial charge in [0.15, 0.2) is 0 Å². The van der Waals surface area contributed by atoms with Crippen LogP contribution in [0.4, 0.5) is 17.1 Å². The third kappa shape index (κ3) is 5.13.